The lowest BCUT2D eigenvalue weighted by molar-refractivity contribution is -0.146. The van der Waals surface area contributed by atoms with Gasteiger partial charge in [-0.05, 0) is 37.1 Å². The van der Waals surface area contributed by atoms with E-state index < -0.39 is 59.5 Å². The summed E-state index contributed by atoms with van der Waals surface area (Å²) in [6.07, 6.45) is -0.537. The maximum absolute atomic E-state index is 14.2. The molecule has 1 aliphatic heterocycles. The zero-order valence-electron chi connectivity index (χ0n) is 22.4. The van der Waals surface area contributed by atoms with Crippen molar-refractivity contribution in [1.29, 1.82) is 0 Å². The summed E-state index contributed by atoms with van der Waals surface area (Å²) >= 11 is 0. The smallest absolute Gasteiger partial charge is 0.328 e. The fraction of sp³-hybridized carbons (Fsp3) is 0.429. The molecule has 0 saturated carbocycles. The third-order valence-corrected chi connectivity index (χ3v) is 6.84. The molecule has 40 heavy (non-hydrogen) atoms. The lowest BCUT2D eigenvalue weighted by atomic mass is 10.0. The van der Waals surface area contributed by atoms with Gasteiger partial charge in [0.1, 0.15) is 17.9 Å². The Hall–Kier alpha value is -3.93. The van der Waals surface area contributed by atoms with E-state index in [1.165, 1.54) is 48.4 Å². The lowest BCUT2D eigenvalue weighted by Gasteiger charge is -2.28. The normalized spacial score (nSPS) is 17.2. The van der Waals surface area contributed by atoms with E-state index in [-0.39, 0.29) is 37.3 Å². The highest BCUT2D eigenvalue weighted by molar-refractivity contribution is 5.91. The van der Waals surface area contributed by atoms with E-state index in [1.54, 1.807) is 6.92 Å². The van der Waals surface area contributed by atoms with Crippen molar-refractivity contribution < 1.29 is 41.8 Å². The first-order chi connectivity index (χ1) is 19.0. The number of esters is 1. The quantitative estimate of drug-likeness (QED) is 0.384. The standard InChI is InChI=1S/C28H32F3N3O6/c1-16(39-2)26(27(37)32-22(28(38)40-3)13-17-7-9-19(29)10-8-17)33-23(35)14-20-11-12-24(36)34(20)15-18-5-4-6-21(30)25(18)31/h4-10,16,20,22,26H,11-15H2,1-3H3,(H,32,37)(H,33,35)/t16-,20+,22+,26+/m1/s1. The molecule has 0 aromatic heterocycles. The minimum atomic E-state index is -1.22. The van der Waals surface area contributed by atoms with Crippen LogP contribution in [0.3, 0.4) is 0 Å². The van der Waals surface area contributed by atoms with Crippen molar-refractivity contribution in [3.63, 3.8) is 0 Å². The summed E-state index contributed by atoms with van der Waals surface area (Å²) in [4.78, 5) is 52.4. The van der Waals surface area contributed by atoms with E-state index in [1.807, 2.05) is 0 Å². The number of carbonyl (C=O) groups excluding carboxylic acids is 4. The first kappa shape index (κ1) is 30.6. The Morgan fingerprint density at radius 2 is 1.75 bits per heavy atom. The molecule has 1 heterocycles. The topological polar surface area (TPSA) is 114 Å². The zero-order valence-corrected chi connectivity index (χ0v) is 22.4. The van der Waals surface area contributed by atoms with E-state index in [0.717, 1.165) is 13.2 Å². The summed E-state index contributed by atoms with van der Waals surface area (Å²) in [6.45, 7) is 1.35. The Labute approximate surface area is 230 Å². The monoisotopic (exact) mass is 563 g/mol. The lowest BCUT2D eigenvalue weighted by Crippen LogP contribution is -2.57. The van der Waals surface area contributed by atoms with Crippen LogP contribution >= 0.6 is 0 Å². The Balaban J connectivity index is 1.69. The van der Waals surface area contributed by atoms with Gasteiger partial charge in [-0.15, -0.1) is 0 Å². The van der Waals surface area contributed by atoms with Gasteiger partial charge in [0.25, 0.3) is 0 Å². The van der Waals surface area contributed by atoms with Crippen LogP contribution in [-0.2, 0) is 41.6 Å². The van der Waals surface area contributed by atoms with Gasteiger partial charge in [0.05, 0.1) is 13.2 Å². The first-order valence-corrected chi connectivity index (χ1v) is 12.7. The maximum atomic E-state index is 14.2. The fourth-order valence-corrected chi connectivity index (χ4v) is 4.51. The predicted molar refractivity (Wildman–Crippen MR) is 137 cm³/mol. The minimum absolute atomic E-state index is 0.0104. The number of hydrogen-bond acceptors (Lipinski definition) is 6. The fourth-order valence-electron chi connectivity index (χ4n) is 4.51. The largest absolute Gasteiger partial charge is 0.467 e. The van der Waals surface area contributed by atoms with Gasteiger partial charge in [-0.3, -0.25) is 14.4 Å². The molecule has 0 radical (unpaired) electrons. The molecular formula is C28H32F3N3O6. The second-order valence-electron chi connectivity index (χ2n) is 9.53. The summed E-state index contributed by atoms with van der Waals surface area (Å²) in [7, 11) is 2.51. The van der Waals surface area contributed by atoms with Gasteiger partial charge in [-0.2, -0.15) is 0 Å². The molecule has 0 aliphatic carbocycles. The van der Waals surface area contributed by atoms with Crippen molar-refractivity contribution >= 4 is 23.7 Å². The SMILES string of the molecule is COC(=O)[C@H](Cc1ccc(F)cc1)NC(=O)[C@@H](NC(=O)C[C@@H]1CCC(=O)N1Cc1cccc(F)c1F)[C@@H](C)OC. The number of hydrogen-bond donors (Lipinski definition) is 2. The summed E-state index contributed by atoms with van der Waals surface area (Å²) in [6, 6.07) is 6.12. The Morgan fingerprint density at radius 3 is 2.40 bits per heavy atom. The minimum Gasteiger partial charge on any atom is -0.467 e. The van der Waals surface area contributed by atoms with Crippen LogP contribution in [0.25, 0.3) is 0 Å². The molecular weight excluding hydrogens is 531 g/mol. The molecule has 0 unspecified atom stereocenters. The van der Waals surface area contributed by atoms with Gasteiger partial charge in [0.2, 0.25) is 17.7 Å². The van der Waals surface area contributed by atoms with Crippen LogP contribution in [0.2, 0.25) is 0 Å². The van der Waals surface area contributed by atoms with E-state index in [9.17, 15) is 32.3 Å². The van der Waals surface area contributed by atoms with Crippen LogP contribution in [0.5, 0.6) is 0 Å². The number of ether oxygens (including phenoxy) is 2. The van der Waals surface area contributed by atoms with Gasteiger partial charge < -0.3 is 25.0 Å². The number of methoxy groups -OCH3 is 2. The average Bonchev–Trinajstić information content (AvgIpc) is 3.27. The number of benzene rings is 2. The second-order valence-corrected chi connectivity index (χ2v) is 9.53. The van der Waals surface area contributed by atoms with E-state index in [2.05, 4.69) is 10.6 Å². The molecule has 216 valence electrons. The highest BCUT2D eigenvalue weighted by atomic mass is 19.2. The molecule has 3 amide bonds. The van der Waals surface area contributed by atoms with Gasteiger partial charge in [-0.1, -0.05) is 24.3 Å². The van der Waals surface area contributed by atoms with Gasteiger partial charge in [0.15, 0.2) is 11.6 Å². The summed E-state index contributed by atoms with van der Waals surface area (Å²) in [5.41, 5.74) is 0.555. The summed E-state index contributed by atoms with van der Waals surface area (Å²) in [5, 5.41) is 5.16. The average molecular weight is 564 g/mol. The summed E-state index contributed by atoms with van der Waals surface area (Å²) in [5.74, 6) is -4.90. The number of carbonyl (C=O) groups is 4. The van der Waals surface area contributed by atoms with Crippen LogP contribution in [0.1, 0.15) is 37.3 Å². The first-order valence-electron chi connectivity index (χ1n) is 12.7. The van der Waals surface area contributed by atoms with Crippen LogP contribution in [0.15, 0.2) is 42.5 Å². The number of rotatable bonds is 12. The molecule has 1 saturated heterocycles. The Kier molecular flexibility index (Phi) is 10.7. The van der Waals surface area contributed by atoms with E-state index in [4.69, 9.17) is 9.47 Å². The van der Waals surface area contributed by atoms with Crippen LogP contribution in [0.4, 0.5) is 13.2 Å². The molecule has 9 nitrogen and oxygen atoms in total. The highest BCUT2D eigenvalue weighted by Crippen LogP contribution is 2.25. The third-order valence-electron chi connectivity index (χ3n) is 6.84. The van der Waals surface area contributed by atoms with Crippen molar-refractivity contribution in [1.82, 2.24) is 15.5 Å². The number of nitrogens with one attached hydrogen (secondary N) is 2. The summed E-state index contributed by atoms with van der Waals surface area (Å²) < 4.78 is 51.2. The molecule has 2 aromatic carbocycles. The van der Waals surface area contributed by atoms with Crippen LogP contribution < -0.4 is 10.6 Å². The molecule has 0 spiro atoms. The molecule has 12 heteroatoms. The van der Waals surface area contributed by atoms with Crippen molar-refractivity contribution in [2.75, 3.05) is 14.2 Å². The second kappa shape index (κ2) is 13.9. The maximum Gasteiger partial charge on any atom is 0.328 e. The third kappa shape index (κ3) is 7.81. The van der Waals surface area contributed by atoms with E-state index in [0.29, 0.717) is 12.0 Å². The van der Waals surface area contributed by atoms with Crippen LogP contribution in [-0.4, -0.2) is 67.0 Å². The van der Waals surface area contributed by atoms with Crippen molar-refractivity contribution in [3.8, 4) is 0 Å². The molecule has 1 fully saturated rings. The predicted octanol–water partition coefficient (Wildman–Crippen LogP) is 2.41. The van der Waals surface area contributed by atoms with Gasteiger partial charge in [-0.25, -0.2) is 18.0 Å². The molecule has 2 aromatic rings. The number of amides is 3. The van der Waals surface area contributed by atoms with Crippen molar-refractivity contribution in [3.05, 3.63) is 71.0 Å². The Morgan fingerprint density at radius 1 is 1.05 bits per heavy atom. The molecule has 2 N–H and O–H groups in total. The molecule has 0 bridgehead atoms. The van der Waals surface area contributed by atoms with E-state index >= 15 is 0 Å². The molecule has 3 rings (SSSR count). The molecule has 4 atom stereocenters. The number of nitrogens with zero attached hydrogens (tertiary/aromatic N) is 1. The number of likely N-dealkylation sites (tertiary alicyclic amines) is 1. The van der Waals surface area contributed by atoms with Crippen molar-refractivity contribution in [2.45, 2.75) is 63.4 Å². The van der Waals surface area contributed by atoms with Crippen LogP contribution in [0, 0.1) is 17.5 Å². The Bertz CT molecular complexity index is 1230. The zero-order chi connectivity index (χ0) is 29.4. The van der Waals surface area contributed by atoms with Crippen molar-refractivity contribution in [2.24, 2.45) is 0 Å². The highest BCUT2D eigenvalue weighted by Gasteiger charge is 2.36. The number of halogens is 3. The van der Waals surface area contributed by atoms with Gasteiger partial charge in [0, 0.05) is 44.5 Å². The van der Waals surface area contributed by atoms with Gasteiger partial charge >= 0.3 is 5.97 Å². The molecule has 1 aliphatic rings.